The minimum atomic E-state index is 0.825. The summed E-state index contributed by atoms with van der Waals surface area (Å²) in [6.07, 6.45) is 0. The van der Waals surface area contributed by atoms with Gasteiger partial charge in [-0.1, -0.05) is 115 Å². The molecule has 0 unspecified atom stereocenters. The van der Waals surface area contributed by atoms with Crippen molar-refractivity contribution < 1.29 is 9.47 Å². The molecule has 0 N–H and O–H groups in total. The Hall–Kier alpha value is -7.67. The average molecular weight is 790 g/mol. The first-order valence-corrected chi connectivity index (χ1v) is 20.9. The van der Waals surface area contributed by atoms with Gasteiger partial charge in [-0.3, -0.25) is 0 Å². The predicted molar refractivity (Wildman–Crippen MR) is 246 cm³/mol. The van der Waals surface area contributed by atoms with E-state index >= 15 is 0 Å². The quantitative estimate of drug-likeness (QED) is 0.172. The number of ether oxygens (including phenoxy) is 2. The summed E-state index contributed by atoms with van der Waals surface area (Å²) in [6, 6.07) is 74.8. The third kappa shape index (κ3) is 5.72. The van der Waals surface area contributed by atoms with Crippen molar-refractivity contribution in [3.63, 3.8) is 0 Å². The molecule has 0 aromatic heterocycles. The lowest BCUT2D eigenvalue weighted by atomic mass is 10.0. The van der Waals surface area contributed by atoms with Gasteiger partial charge in [0.05, 0.1) is 34.1 Å². The van der Waals surface area contributed by atoms with Crippen LogP contribution in [0.3, 0.4) is 0 Å². The van der Waals surface area contributed by atoms with Crippen LogP contribution in [0.5, 0.6) is 23.0 Å². The number of fused-ring (bicyclic) bond motifs is 6. The second-order valence-corrected chi connectivity index (χ2v) is 16.1. The molecule has 9 aromatic rings. The number of nitrogens with zero attached hydrogens (tertiary/aromatic N) is 3. The van der Waals surface area contributed by atoms with Gasteiger partial charge in [-0.05, 0) is 131 Å². The summed E-state index contributed by atoms with van der Waals surface area (Å²) in [5, 5.41) is 0. The van der Waals surface area contributed by atoms with E-state index in [4.69, 9.17) is 9.47 Å². The Labute approximate surface area is 353 Å². The molecule has 0 spiro atoms. The van der Waals surface area contributed by atoms with Crippen molar-refractivity contribution in [3.8, 4) is 45.3 Å². The van der Waals surface area contributed by atoms with Crippen LogP contribution >= 0.6 is 11.8 Å². The Morgan fingerprint density at radius 1 is 0.267 bits per heavy atom. The summed E-state index contributed by atoms with van der Waals surface area (Å²) in [6.45, 7) is 0. The van der Waals surface area contributed by atoms with Crippen molar-refractivity contribution in [1.82, 2.24) is 0 Å². The normalized spacial score (nSPS) is 13.1. The molecule has 0 saturated carbocycles. The lowest BCUT2D eigenvalue weighted by Gasteiger charge is -2.34. The van der Waals surface area contributed by atoms with Gasteiger partial charge < -0.3 is 24.2 Å². The standard InChI is InChI=1S/C54H35N3O2S/c1-4-14-40(15-5-1)55-43-20-10-12-22-49(43)58-51-32-36(24-28-45(51)55)38-26-30-47-53(34-38)60-54-35-39(27-31-48(54)57(47)42-18-8-3-9-19-42)37-25-29-46-52(33-37)59-50-23-13-11-21-44(50)56(46)41-16-6-2-7-17-41/h1-35H. The highest BCUT2D eigenvalue weighted by atomic mass is 32.2. The fraction of sp³-hybridized carbons (Fsp3) is 0. The molecule has 9 aromatic carbocycles. The fourth-order valence-corrected chi connectivity index (χ4v) is 9.74. The van der Waals surface area contributed by atoms with Gasteiger partial charge in [-0.25, -0.2) is 0 Å². The van der Waals surface area contributed by atoms with Crippen molar-refractivity contribution >= 4 is 62.9 Å². The molecule has 0 fully saturated rings. The van der Waals surface area contributed by atoms with E-state index < -0.39 is 0 Å². The van der Waals surface area contributed by atoms with E-state index in [2.05, 4.69) is 191 Å². The zero-order valence-electron chi connectivity index (χ0n) is 32.3. The summed E-state index contributed by atoms with van der Waals surface area (Å²) in [5.74, 6) is 3.32. The second kappa shape index (κ2) is 14.0. The van der Waals surface area contributed by atoms with E-state index in [0.717, 1.165) is 96.4 Å². The van der Waals surface area contributed by atoms with E-state index in [1.165, 1.54) is 9.79 Å². The molecule has 0 atom stereocenters. The highest BCUT2D eigenvalue weighted by Crippen LogP contribution is 2.56. The molecule has 0 radical (unpaired) electrons. The Bertz CT molecular complexity index is 2910. The van der Waals surface area contributed by atoms with Crippen LogP contribution in [0.1, 0.15) is 0 Å². The van der Waals surface area contributed by atoms with Crippen LogP contribution in [-0.2, 0) is 0 Å². The highest BCUT2D eigenvalue weighted by molar-refractivity contribution is 7.99. The van der Waals surface area contributed by atoms with Gasteiger partial charge in [-0.15, -0.1) is 0 Å². The first-order chi connectivity index (χ1) is 29.7. The first kappa shape index (κ1) is 34.4. The molecule has 3 heterocycles. The van der Waals surface area contributed by atoms with Crippen LogP contribution in [0, 0.1) is 0 Å². The lowest BCUT2D eigenvalue weighted by molar-refractivity contribution is 0.477. The van der Waals surface area contributed by atoms with E-state index in [1.54, 1.807) is 0 Å². The number of para-hydroxylation sites is 7. The van der Waals surface area contributed by atoms with Gasteiger partial charge in [-0.2, -0.15) is 0 Å². The smallest absolute Gasteiger partial charge is 0.152 e. The molecule has 6 heteroatoms. The minimum Gasteiger partial charge on any atom is -0.453 e. The van der Waals surface area contributed by atoms with Crippen molar-refractivity contribution in [2.45, 2.75) is 9.79 Å². The average Bonchev–Trinajstić information content (AvgIpc) is 3.31. The van der Waals surface area contributed by atoms with Crippen LogP contribution in [0.25, 0.3) is 22.3 Å². The Balaban J connectivity index is 0.924. The zero-order valence-corrected chi connectivity index (χ0v) is 33.1. The number of rotatable bonds is 5. The molecule has 0 bridgehead atoms. The van der Waals surface area contributed by atoms with Gasteiger partial charge in [0.2, 0.25) is 0 Å². The summed E-state index contributed by atoms with van der Waals surface area (Å²) in [5.41, 5.74) is 14.1. The molecule has 5 nitrogen and oxygen atoms in total. The number of hydrogen-bond acceptors (Lipinski definition) is 6. The summed E-state index contributed by atoms with van der Waals surface area (Å²) >= 11 is 1.81. The SMILES string of the molecule is c1ccc(N2c3ccccc3Oc3cc(-c4ccc5c(c4)Sc4cc(-c6ccc7c(c6)Oc6ccccc6N7c6ccccc6)ccc4N5c4ccccc4)ccc32)cc1. The molecule has 12 rings (SSSR count). The Morgan fingerprint density at radius 3 is 1.00 bits per heavy atom. The van der Waals surface area contributed by atoms with E-state index in [9.17, 15) is 0 Å². The van der Waals surface area contributed by atoms with E-state index in [0.29, 0.717) is 0 Å². The minimum absolute atomic E-state index is 0.825. The van der Waals surface area contributed by atoms with Gasteiger partial charge in [0.25, 0.3) is 0 Å². The summed E-state index contributed by atoms with van der Waals surface area (Å²) < 4.78 is 13.2. The highest BCUT2D eigenvalue weighted by Gasteiger charge is 2.30. The van der Waals surface area contributed by atoms with Crippen LogP contribution < -0.4 is 24.2 Å². The molecule has 0 saturated heterocycles. The number of benzene rings is 9. The van der Waals surface area contributed by atoms with Gasteiger partial charge in [0.15, 0.2) is 23.0 Å². The Morgan fingerprint density at radius 2 is 0.583 bits per heavy atom. The van der Waals surface area contributed by atoms with Crippen LogP contribution in [0.2, 0.25) is 0 Å². The third-order valence-electron chi connectivity index (χ3n) is 11.4. The van der Waals surface area contributed by atoms with Crippen molar-refractivity contribution in [1.29, 1.82) is 0 Å². The maximum Gasteiger partial charge on any atom is 0.152 e. The first-order valence-electron chi connectivity index (χ1n) is 20.1. The zero-order chi connectivity index (χ0) is 39.6. The summed E-state index contributed by atoms with van der Waals surface area (Å²) in [7, 11) is 0. The molecule has 0 amide bonds. The van der Waals surface area contributed by atoms with Gasteiger partial charge >= 0.3 is 0 Å². The topological polar surface area (TPSA) is 28.2 Å². The maximum absolute atomic E-state index is 6.59. The monoisotopic (exact) mass is 789 g/mol. The van der Waals surface area contributed by atoms with Crippen molar-refractivity contribution in [2.75, 3.05) is 14.7 Å². The van der Waals surface area contributed by atoms with E-state index in [1.807, 2.05) is 48.2 Å². The van der Waals surface area contributed by atoms with Gasteiger partial charge in [0.1, 0.15) is 0 Å². The molecule has 284 valence electrons. The molecular weight excluding hydrogens is 755 g/mol. The van der Waals surface area contributed by atoms with Crippen LogP contribution in [0.15, 0.2) is 222 Å². The molecular formula is C54H35N3O2S. The molecule has 0 aliphatic carbocycles. The van der Waals surface area contributed by atoms with Crippen LogP contribution in [0.4, 0.5) is 51.2 Å². The van der Waals surface area contributed by atoms with Crippen molar-refractivity contribution in [3.05, 3.63) is 212 Å². The largest absolute Gasteiger partial charge is 0.453 e. The lowest BCUT2D eigenvalue weighted by Crippen LogP contribution is -2.16. The van der Waals surface area contributed by atoms with Crippen LogP contribution in [-0.4, -0.2) is 0 Å². The molecule has 60 heavy (non-hydrogen) atoms. The maximum atomic E-state index is 6.59. The predicted octanol–water partition coefficient (Wildman–Crippen LogP) is 16.1. The second-order valence-electron chi connectivity index (χ2n) is 15.0. The fourth-order valence-electron chi connectivity index (χ4n) is 8.61. The Kier molecular flexibility index (Phi) is 8.03. The summed E-state index contributed by atoms with van der Waals surface area (Å²) in [4.78, 5) is 9.29. The van der Waals surface area contributed by atoms with Gasteiger partial charge in [0, 0.05) is 26.9 Å². The number of anilines is 9. The number of hydrogen-bond donors (Lipinski definition) is 0. The third-order valence-corrected chi connectivity index (χ3v) is 12.5. The van der Waals surface area contributed by atoms with E-state index in [-0.39, 0.29) is 0 Å². The van der Waals surface area contributed by atoms with Crippen molar-refractivity contribution in [2.24, 2.45) is 0 Å². The molecule has 3 aliphatic heterocycles. The molecule has 3 aliphatic rings.